The van der Waals surface area contributed by atoms with Crippen LogP contribution in [0.3, 0.4) is 0 Å². The van der Waals surface area contributed by atoms with Gasteiger partial charge in [-0.1, -0.05) is 17.7 Å². The lowest BCUT2D eigenvalue weighted by Gasteiger charge is -2.32. The third-order valence-electron chi connectivity index (χ3n) is 4.43. The second-order valence-corrected chi connectivity index (χ2v) is 8.46. The van der Waals surface area contributed by atoms with Crippen LogP contribution in [-0.2, 0) is 10.0 Å². The van der Waals surface area contributed by atoms with E-state index in [0.29, 0.717) is 25.6 Å². The lowest BCUT2D eigenvalue weighted by atomic mass is 9.94. The van der Waals surface area contributed by atoms with E-state index in [-0.39, 0.29) is 5.91 Å². The molecule has 0 atom stereocenters. The maximum absolute atomic E-state index is 12.8. The first-order chi connectivity index (χ1) is 10.7. The minimum atomic E-state index is -3.14. The summed E-state index contributed by atoms with van der Waals surface area (Å²) in [5.41, 5.74) is 4.02. The SMILES string of the molecule is Cc1cc(C)c(C(=O)N2CCC(CNS(C)(=O)=O)CC2)c(C)c1. The molecule has 128 valence electrons. The zero-order chi connectivity index (χ0) is 17.2. The van der Waals surface area contributed by atoms with E-state index in [4.69, 9.17) is 0 Å². The van der Waals surface area contributed by atoms with E-state index in [1.54, 1.807) is 0 Å². The molecule has 1 N–H and O–H groups in total. The lowest BCUT2D eigenvalue weighted by molar-refractivity contribution is 0.0690. The normalized spacial score (nSPS) is 16.6. The number of carbonyl (C=O) groups excluding carboxylic acids is 1. The van der Waals surface area contributed by atoms with Gasteiger partial charge in [-0.05, 0) is 50.7 Å². The van der Waals surface area contributed by atoms with Crippen LogP contribution in [0.1, 0.15) is 39.9 Å². The Morgan fingerprint density at radius 3 is 2.17 bits per heavy atom. The van der Waals surface area contributed by atoms with Crippen molar-refractivity contribution in [3.05, 3.63) is 34.4 Å². The Morgan fingerprint density at radius 1 is 1.17 bits per heavy atom. The van der Waals surface area contributed by atoms with E-state index in [1.807, 2.05) is 37.8 Å². The average molecular weight is 338 g/mol. The molecule has 1 saturated heterocycles. The van der Waals surface area contributed by atoms with Gasteiger partial charge in [0.25, 0.3) is 5.91 Å². The van der Waals surface area contributed by atoms with Crippen molar-refractivity contribution in [2.75, 3.05) is 25.9 Å². The van der Waals surface area contributed by atoms with Gasteiger partial charge in [0.15, 0.2) is 0 Å². The monoisotopic (exact) mass is 338 g/mol. The van der Waals surface area contributed by atoms with Gasteiger partial charge in [0.2, 0.25) is 10.0 Å². The number of hydrogen-bond donors (Lipinski definition) is 1. The fraction of sp³-hybridized carbons (Fsp3) is 0.588. The number of sulfonamides is 1. The van der Waals surface area contributed by atoms with Gasteiger partial charge in [-0.15, -0.1) is 0 Å². The highest BCUT2D eigenvalue weighted by Crippen LogP contribution is 2.22. The summed E-state index contributed by atoms with van der Waals surface area (Å²) >= 11 is 0. The molecule has 1 aliphatic heterocycles. The molecule has 0 spiro atoms. The summed E-state index contributed by atoms with van der Waals surface area (Å²) in [5, 5.41) is 0. The number of nitrogens with zero attached hydrogens (tertiary/aromatic N) is 1. The van der Waals surface area contributed by atoms with Crippen molar-refractivity contribution in [1.29, 1.82) is 0 Å². The van der Waals surface area contributed by atoms with Crippen molar-refractivity contribution >= 4 is 15.9 Å². The Labute approximate surface area is 139 Å². The van der Waals surface area contributed by atoms with Crippen LogP contribution < -0.4 is 4.72 Å². The fourth-order valence-electron chi connectivity index (χ4n) is 3.28. The minimum absolute atomic E-state index is 0.0922. The predicted molar refractivity (Wildman–Crippen MR) is 92.1 cm³/mol. The van der Waals surface area contributed by atoms with Gasteiger partial charge in [0.05, 0.1) is 6.26 Å². The topological polar surface area (TPSA) is 66.5 Å². The molecule has 23 heavy (non-hydrogen) atoms. The maximum atomic E-state index is 12.8. The first kappa shape index (κ1) is 17.9. The van der Waals surface area contributed by atoms with Crippen molar-refractivity contribution in [2.45, 2.75) is 33.6 Å². The highest BCUT2D eigenvalue weighted by molar-refractivity contribution is 7.88. The Kier molecular flexibility index (Phi) is 5.47. The first-order valence-electron chi connectivity index (χ1n) is 7.99. The Morgan fingerprint density at radius 2 is 1.70 bits per heavy atom. The smallest absolute Gasteiger partial charge is 0.254 e. The minimum Gasteiger partial charge on any atom is -0.339 e. The van der Waals surface area contributed by atoms with E-state index in [9.17, 15) is 13.2 Å². The zero-order valence-electron chi connectivity index (χ0n) is 14.3. The molecular weight excluding hydrogens is 312 g/mol. The first-order valence-corrected chi connectivity index (χ1v) is 9.88. The molecule has 5 nitrogen and oxygen atoms in total. The number of amides is 1. The molecule has 0 saturated carbocycles. The van der Waals surface area contributed by atoms with Gasteiger partial charge >= 0.3 is 0 Å². The number of benzene rings is 1. The van der Waals surface area contributed by atoms with Crippen LogP contribution >= 0.6 is 0 Å². The van der Waals surface area contributed by atoms with E-state index in [1.165, 1.54) is 11.8 Å². The lowest BCUT2D eigenvalue weighted by Crippen LogP contribution is -2.41. The van der Waals surface area contributed by atoms with Crippen LogP contribution in [0.25, 0.3) is 0 Å². The molecule has 2 rings (SSSR count). The molecule has 1 heterocycles. The van der Waals surface area contributed by atoms with E-state index in [2.05, 4.69) is 4.72 Å². The quantitative estimate of drug-likeness (QED) is 0.913. The summed E-state index contributed by atoms with van der Waals surface area (Å²) in [6.45, 7) is 7.83. The van der Waals surface area contributed by atoms with Crippen LogP contribution in [0.4, 0.5) is 0 Å². The van der Waals surface area contributed by atoms with E-state index >= 15 is 0 Å². The molecular formula is C17H26N2O3S. The molecule has 1 aromatic carbocycles. The summed E-state index contributed by atoms with van der Waals surface area (Å²) in [4.78, 5) is 14.7. The van der Waals surface area contributed by atoms with Gasteiger partial charge in [0.1, 0.15) is 0 Å². The van der Waals surface area contributed by atoms with Crippen molar-refractivity contribution in [3.63, 3.8) is 0 Å². The van der Waals surface area contributed by atoms with E-state index in [0.717, 1.165) is 29.5 Å². The third-order valence-corrected chi connectivity index (χ3v) is 5.12. The van der Waals surface area contributed by atoms with E-state index < -0.39 is 10.0 Å². The molecule has 6 heteroatoms. The van der Waals surface area contributed by atoms with Crippen LogP contribution in [0, 0.1) is 26.7 Å². The van der Waals surface area contributed by atoms with Crippen molar-refractivity contribution in [3.8, 4) is 0 Å². The van der Waals surface area contributed by atoms with Gasteiger partial charge in [-0.25, -0.2) is 13.1 Å². The van der Waals surface area contributed by atoms with Crippen LogP contribution in [-0.4, -0.2) is 45.1 Å². The number of piperidine rings is 1. The molecule has 0 unspecified atom stereocenters. The predicted octanol–water partition coefficient (Wildman–Crippen LogP) is 2.01. The van der Waals surface area contributed by atoms with Crippen LogP contribution in [0.15, 0.2) is 12.1 Å². The molecule has 1 fully saturated rings. The molecule has 1 amide bonds. The average Bonchev–Trinajstić information content (AvgIpc) is 2.43. The Bertz CT molecular complexity index is 667. The fourth-order valence-corrected chi connectivity index (χ4v) is 3.82. The number of rotatable bonds is 4. The number of nitrogens with one attached hydrogen (secondary N) is 1. The highest BCUT2D eigenvalue weighted by Gasteiger charge is 2.25. The molecule has 0 aliphatic carbocycles. The van der Waals surface area contributed by atoms with Crippen molar-refractivity contribution in [2.24, 2.45) is 5.92 Å². The summed E-state index contributed by atoms with van der Waals surface area (Å²) in [7, 11) is -3.14. The van der Waals surface area contributed by atoms with Crippen molar-refractivity contribution in [1.82, 2.24) is 9.62 Å². The second kappa shape index (κ2) is 7.01. The molecule has 0 bridgehead atoms. The number of carbonyl (C=O) groups is 1. The molecule has 1 aliphatic rings. The highest BCUT2D eigenvalue weighted by atomic mass is 32.2. The van der Waals surface area contributed by atoms with Crippen molar-refractivity contribution < 1.29 is 13.2 Å². The van der Waals surface area contributed by atoms with Gasteiger partial charge in [-0.2, -0.15) is 0 Å². The molecule has 0 radical (unpaired) electrons. The standard InChI is InChI=1S/C17H26N2O3S/c1-12-9-13(2)16(14(3)10-12)17(20)19-7-5-15(6-8-19)11-18-23(4,21)22/h9-10,15,18H,5-8,11H2,1-4H3. The number of aryl methyl sites for hydroxylation is 3. The summed E-state index contributed by atoms with van der Waals surface area (Å²) < 4.78 is 24.9. The summed E-state index contributed by atoms with van der Waals surface area (Å²) in [5.74, 6) is 0.392. The van der Waals surface area contributed by atoms with Gasteiger partial charge in [0, 0.05) is 25.2 Å². The van der Waals surface area contributed by atoms with Gasteiger partial charge in [-0.3, -0.25) is 4.79 Å². The number of hydrogen-bond acceptors (Lipinski definition) is 3. The largest absolute Gasteiger partial charge is 0.339 e. The zero-order valence-corrected chi connectivity index (χ0v) is 15.2. The Balaban J connectivity index is 1.99. The summed E-state index contributed by atoms with van der Waals surface area (Å²) in [6.07, 6.45) is 2.84. The van der Waals surface area contributed by atoms with Crippen LogP contribution in [0.2, 0.25) is 0 Å². The van der Waals surface area contributed by atoms with Gasteiger partial charge < -0.3 is 4.90 Å². The second-order valence-electron chi connectivity index (χ2n) is 6.63. The number of likely N-dealkylation sites (tertiary alicyclic amines) is 1. The maximum Gasteiger partial charge on any atom is 0.254 e. The molecule has 1 aromatic rings. The van der Waals surface area contributed by atoms with Crippen LogP contribution in [0.5, 0.6) is 0 Å². The Hall–Kier alpha value is -1.40. The summed E-state index contributed by atoms with van der Waals surface area (Å²) in [6, 6.07) is 4.09. The molecule has 0 aromatic heterocycles. The third kappa shape index (κ3) is 4.78.